The lowest BCUT2D eigenvalue weighted by atomic mass is 9.96. The topological polar surface area (TPSA) is 163 Å². The minimum Gasteiger partial charge on any atom is -0.343 e. The first-order valence-electron chi connectivity index (χ1n) is 27.7. The Morgan fingerprint density at radius 3 is 1.26 bits per heavy atom. The molecule has 14 nitrogen and oxygen atoms in total. The van der Waals surface area contributed by atoms with E-state index in [9.17, 15) is 28.8 Å². The van der Waals surface area contributed by atoms with Gasteiger partial charge in [0.25, 0.3) is 11.8 Å². The fourth-order valence-corrected chi connectivity index (χ4v) is 11.9. The Hall–Kier alpha value is -6.12. The van der Waals surface area contributed by atoms with Crippen molar-refractivity contribution in [1.29, 1.82) is 0 Å². The molecule has 14 heteroatoms. The molecule has 74 heavy (non-hydrogen) atoms. The van der Waals surface area contributed by atoms with Crippen LogP contribution in [-0.4, -0.2) is 145 Å². The fraction of sp³-hybridized carbons (Fsp3) is 0.533. The van der Waals surface area contributed by atoms with Gasteiger partial charge >= 0.3 is 0 Å². The number of hydrogen-bond donors (Lipinski definition) is 4. The summed E-state index contributed by atoms with van der Waals surface area (Å²) >= 11 is 0. The predicted octanol–water partition coefficient (Wildman–Crippen LogP) is 6.76. The Morgan fingerprint density at radius 2 is 0.892 bits per heavy atom. The van der Waals surface area contributed by atoms with Crippen LogP contribution in [0, 0.1) is 11.8 Å². The molecule has 4 N–H and O–H groups in total. The molecule has 0 bridgehead atoms. The van der Waals surface area contributed by atoms with E-state index in [0.29, 0.717) is 63.2 Å². The maximum Gasteiger partial charge on any atom is 0.253 e. The molecule has 2 heterocycles. The second kappa shape index (κ2) is 25.9. The third-order valence-electron chi connectivity index (χ3n) is 16.6. The SMILES string of the molecule is CN[C@@H](C)C(=O)N[C@H](C(=O)N1CCC[C@H]1CN(CCc1ccccc1)C(=O)c1ccc2cc(C(=O)N(CCc3ccccc3)C[C@@H]3CCCN3C(=O)[C@@H](NC(=O)[C@H](C)NC)C3CCCC3)ccc2c1)C1CCCC1. The van der Waals surface area contributed by atoms with Gasteiger partial charge in [0.2, 0.25) is 23.6 Å². The highest BCUT2D eigenvalue weighted by molar-refractivity contribution is 6.02. The number of likely N-dealkylation sites (tertiary alicyclic amines) is 2. The number of carbonyl (C=O) groups is 6. The van der Waals surface area contributed by atoms with Gasteiger partial charge in [0.15, 0.2) is 0 Å². The third-order valence-corrected chi connectivity index (χ3v) is 16.6. The second-order valence-electron chi connectivity index (χ2n) is 21.5. The van der Waals surface area contributed by atoms with Gasteiger partial charge in [-0.2, -0.15) is 0 Å². The quantitative estimate of drug-likeness (QED) is 0.0672. The second-order valence-corrected chi connectivity index (χ2v) is 21.5. The zero-order chi connectivity index (χ0) is 52.1. The Kier molecular flexibility index (Phi) is 18.9. The summed E-state index contributed by atoms with van der Waals surface area (Å²) in [6, 6.07) is 29.1. The van der Waals surface area contributed by atoms with Crippen molar-refractivity contribution in [3.63, 3.8) is 0 Å². The summed E-state index contributed by atoms with van der Waals surface area (Å²) in [6.07, 6.45) is 12.2. The first-order chi connectivity index (χ1) is 35.9. The van der Waals surface area contributed by atoms with Gasteiger partial charge in [0.05, 0.1) is 12.1 Å². The van der Waals surface area contributed by atoms with Crippen molar-refractivity contribution in [2.24, 2.45) is 11.8 Å². The van der Waals surface area contributed by atoms with Crippen LogP contribution in [0.25, 0.3) is 10.8 Å². The minimum absolute atomic E-state index is 0.0522. The molecule has 396 valence electrons. The Morgan fingerprint density at radius 1 is 0.514 bits per heavy atom. The van der Waals surface area contributed by atoms with E-state index in [-0.39, 0.29) is 59.4 Å². The van der Waals surface area contributed by atoms with E-state index in [1.54, 1.807) is 27.9 Å². The van der Waals surface area contributed by atoms with Gasteiger partial charge in [-0.15, -0.1) is 0 Å². The highest BCUT2D eigenvalue weighted by Crippen LogP contribution is 2.33. The molecule has 2 aliphatic carbocycles. The van der Waals surface area contributed by atoms with Crippen molar-refractivity contribution < 1.29 is 28.8 Å². The standard InChI is InChI=1S/C60H80N8O6/c1-41(61-3)55(69)63-53(45-21-11-12-22-45)59(73)67-33-15-25-51(67)39-65(35-31-43-17-7-5-8-18-43)57(71)49-29-27-48-38-50(30-28-47(48)37-49)58(72)66(36-32-44-19-9-6-10-20-44)40-52-26-16-34-68(52)60(74)54(46-23-13-14-24-46)64-56(70)42(2)62-4/h5-10,17-20,27-30,37-38,41-42,45-46,51-54,61-62H,11-16,21-26,31-36,39-40H2,1-4H3,(H,63,69)(H,64,70)/t41-,42-,51-,52-,53-,54-/m0/s1. The van der Waals surface area contributed by atoms with Crippen molar-refractivity contribution in [3.8, 4) is 0 Å². The van der Waals surface area contributed by atoms with E-state index in [0.717, 1.165) is 98.9 Å². The number of hydrogen-bond acceptors (Lipinski definition) is 8. The van der Waals surface area contributed by atoms with Crippen molar-refractivity contribution in [3.05, 3.63) is 119 Å². The molecule has 2 saturated carbocycles. The Labute approximate surface area is 438 Å². The van der Waals surface area contributed by atoms with Crippen molar-refractivity contribution in [2.75, 3.05) is 53.4 Å². The average Bonchev–Trinajstić information content (AvgIpc) is 4.31. The van der Waals surface area contributed by atoms with Crippen LogP contribution in [0.15, 0.2) is 97.1 Å². The minimum atomic E-state index is -0.600. The third kappa shape index (κ3) is 13.4. The van der Waals surface area contributed by atoms with Gasteiger partial charge in [-0.05, 0) is 150 Å². The summed E-state index contributed by atoms with van der Waals surface area (Å²) in [5.41, 5.74) is 3.29. The zero-order valence-electron chi connectivity index (χ0n) is 44.2. The summed E-state index contributed by atoms with van der Waals surface area (Å²) in [6.45, 7) is 6.43. The van der Waals surface area contributed by atoms with Crippen molar-refractivity contribution >= 4 is 46.2 Å². The van der Waals surface area contributed by atoms with Gasteiger partial charge in [0.1, 0.15) is 12.1 Å². The van der Waals surface area contributed by atoms with Crippen molar-refractivity contribution in [1.82, 2.24) is 40.9 Å². The summed E-state index contributed by atoms with van der Waals surface area (Å²) in [5, 5.41) is 13.9. The van der Waals surface area contributed by atoms with E-state index in [1.807, 2.05) is 92.4 Å². The fourth-order valence-electron chi connectivity index (χ4n) is 11.9. The molecule has 0 unspecified atom stereocenters. The van der Waals surface area contributed by atoms with Crippen LogP contribution >= 0.6 is 0 Å². The van der Waals surface area contributed by atoms with Crippen LogP contribution in [0.1, 0.15) is 123 Å². The lowest BCUT2D eigenvalue weighted by Crippen LogP contribution is -2.57. The van der Waals surface area contributed by atoms with E-state index in [2.05, 4.69) is 45.5 Å². The molecule has 0 radical (unpaired) electrons. The number of nitrogens with one attached hydrogen (secondary N) is 4. The Bertz CT molecular complexity index is 2370. The normalized spacial score (nSPS) is 19.8. The number of rotatable bonds is 22. The molecule has 2 saturated heterocycles. The van der Waals surface area contributed by atoms with Gasteiger partial charge in [-0.1, -0.05) is 98.5 Å². The van der Waals surface area contributed by atoms with E-state index in [1.165, 1.54) is 0 Å². The first kappa shape index (κ1) is 54.2. The smallest absolute Gasteiger partial charge is 0.253 e. The van der Waals surface area contributed by atoms with E-state index >= 15 is 0 Å². The van der Waals surface area contributed by atoms with Gasteiger partial charge < -0.3 is 40.9 Å². The lowest BCUT2D eigenvalue weighted by Gasteiger charge is -2.35. The summed E-state index contributed by atoms with van der Waals surface area (Å²) in [5.74, 6) is -0.555. The lowest BCUT2D eigenvalue weighted by molar-refractivity contribution is -0.139. The molecule has 4 aromatic rings. The molecule has 2 aliphatic heterocycles. The van der Waals surface area contributed by atoms with Crippen LogP contribution < -0.4 is 21.3 Å². The molecule has 6 atom stereocenters. The molecular weight excluding hydrogens is 929 g/mol. The van der Waals surface area contributed by atoms with Gasteiger partial charge in [-0.3, -0.25) is 28.8 Å². The highest BCUT2D eigenvalue weighted by atomic mass is 16.2. The molecule has 4 aromatic carbocycles. The molecule has 0 aromatic heterocycles. The van der Waals surface area contributed by atoms with Crippen LogP contribution in [0.2, 0.25) is 0 Å². The molecule has 4 aliphatic rings. The van der Waals surface area contributed by atoms with Gasteiger partial charge in [0, 0.05) is 62.5 Å². The number of fused-ring (bicyclic) bond motifs is 1. The number of likely N-dealkylation sites (N-methyl/N-ethyl adjacent to an activating group) is 2. The van der Waals surface area contributed by atoms with Crippen LogP contribution in [0.5, 0.6) is 0 Å². The maximum atomic E-state index is 14.8. The van der Waals surface area contributed by atoms with Crippen LogP contribution in [0.3, 0.4) is 0 Å². The predicted molar refractivity (Wildman–Crippen MR) is 290 cm³/mol. The molecule has 0 spiro atoms. The van der Waals surface area contributed by atoms with Crippen LogP contribution in [-0.2, 0) is 32.0 Å². The average molecular weight is 1010 g/mol. The Balaban J connectivity index is 1.01. The summed E-state index contributed by atoms with van der Waals surface area (Å²) in [7, 11) is 3.48. The van der Waals surface area contributed by atoms with E-state index < -0.39 is 24.2 Å². The highest BCUT2D eigenvalue weighted by Gasteiger charge is 2.42. The number of benzene rings is 4. The molecule has 8 rings (SSSR count). The molecule has 4 fully saturated rings. The number of carbonyl (C=O) groups excluding carboxylic acids is 6. The number of amides is 6. The zero-order valence-corrected chi connectivity index (χ0v) is 44.2. The molecule has 6 amide bonds. The first-order valence-corrected chi connectivity index (χ1v) is 27.7. The van der Waals surface area contributed by atoms with Gasteiger partial charge in [-0.25, -0.2) is 0 Å². The molecular formula is C60H80N8O6. The van der Waals surface area contributed by atoms with E-state index in [4.69, 9.17) is 0 Å². The monoisotopic (exact) mass is 1010 g/mol. The van der Waals surface area contributed by atoms with Crippen molar-refractivity contribution in [2.45, 2.75) is 140 Å². The van der Waals surface area contributed by atoms with Crippen LogP contribution in [0.4, 0.5) is 0 Å². The number of nitrogens with zero attached hydrogens (tertiary/aromatic N) is 4. The maximum absolute atomic E-state index is 14.8. The summed E-state index contributed by atoms with van der Waals surface area (Å²) in [4.78, 5) is 92.8. The summed E-state index contributed by atoms with van der Waals surface area (Å²) < 4.78 is 0. The largest absolute Gasteiger partial charge is 0.343 e.